The molecule has 2 heterocycles. The van der Waals surface area contributed by atoms with Crippen molar-refractivity contribution in [3.8, 4) is 11.8 Å². The molecule has 1 aromatic heterocycles. The van der Waals surface area contributed by atoms with E-state index in [-0.39, 0.29) is 17.7 Å². The van der Waals surface area contributed by atoms with E-state index >= 15 is 0 Å². The highest BCUT2D eigenvalue weighted by Crippen LogP contribution is 2.22. The number of anilines is 1. The van der Waals surface area contributed by atoms with Crippen molar-refractivity contribution in [2.45, 2.75) is 25.7 Å². The standard InChI is InChI=1S/C26H27FN6O2/c27-20-12-10-18(11-13-20)26(35)32-15-5-6-19(17-32)25(34)30-14-4-9-23-22(16-28)24(29)33(31-23)21-7-2-1-3-8-21/h1-3,7-8,10-13,19H,4-6,9,14-15,17,29H2,(H,30,34). The zero-order chi connectivity index (χ0) is 24.8. The number of nitrogens with one attached hydrogen (secondary N) is 1. The predicted octanol–water partition coefficient (Wildman–Crippen LogP) is 3.07. The molecular weight excluding hydrogens is 447 g/mol. The Labute approximate surface area is 203 Å². The van der Waals surface area contributed by atoms with E-state index in [0.717, 1.165) is 12.1 Å². The van der Waals surface area contributed by atoms with Crippen molar-refractivity contribution in [2.24, 2.45) is 5.92 Å². The number of aromatic nitrogens is 2. The Morgan fingerprint density at radius 2 is 1.91 bits per heavy atom. The maximum atomic E-state index is 13.2. The van der Waals surface area contributed by atoms with Crippen LogP contribution in [0.3, 0.4) is 0 Å². The van der Waals surface area contributed by atoms with Crippen LogP contribution in [0.1, 0.15) is 40.9 Å². The van der Waals surface area contributed by atoms with Crippen molar-refractivity contribution in [3.05, 3.63) is 77.2 Å². The summed E-state index contributed by atoms with van der Waals surface area (Å²) in [5.41, 5.74) is 8.27. The minimum atomic E-state index is -0.395. The molecule has 1 saturated heterocycles. The van der Waals surface area contributed by atoms with Gasteiger partial charge in [-0.1, -0.05) is 18.2 Å². The van der Waals surface area contributed by atoms with Gasteiger partial charge in [0, 0.05) is 25.2 Å². The number of nitrogens with two attached hydrogens (primary N) is 1. The van der Waals surface area contributed by atoms with E-state index in [4.69, 9.17) is 5.73 Å². The summed E-state index contributed by atoms with van der Waals surface area (Å²) in [4.78, 5) is 27.1. The van der Waals surface area contributed by atoms with E-state index in [2.05, 4.69) is 16.5 Å². The van der Waals surface area contributed by atoms with Crippen molar-refractivity contribution in [3.63, 3.8) is 0 Å². The highest BCUT2D eigenvalue weighted by molar-refractivity contribution is 5.94. The lowest BCUT2D eigenvalue weighted by atomic mass is 9.96. The Hall–Kier alpha value is -4.19. The molecule has 1 fully saturated rings. The molecule has 0 spiro atoms. The molecule has 2 aromatic carbocycles. The summed E-state index contributed by atoms with van der Waals surface area (Å²) in [6, 6.07) is 16.9. The molecule has 0 bridgehead atoms. The number of aryl methyl sites for hydroxylation is 1. The van der Waals surface area contributed by atoms with Gasteiger partial charge in [0.05, 0.1) is 17.3 Å². The van der Waals surface area contributed by atoms with Crippen LogP contribution in [0.2, 0.25) is 0 Å². The fraction of sp³-hybridized carbons (Fsp3) is 0.308. The minimum absolute atomic E-state index is 0.101. The maximum Gasteiger partial charge on any atom is 0.253 e. The quantitative estimate of drug-likeness (QED) is 0.511. The van der Waals surface area contributed by atoms with Crippen molar-refractivity contribution >= 4 is 17.6 Å². The number of carbonyl (C=O) groups excluding carboxylic acids is 2. The van der Waals surface area contributed by atoms with Crippen LogP contribution in [0.5, 0.6) is 0 Å². The van der Waals surface area contributed by atoms with Gasteiger partial charge in [0.1, 0.15) is 23.3 Å². The number of nitrogen functional groups attached to an aromatic ring is 1. The first-order chi connectivity index (χ1) is 17.0. The van der Waals surface area contributed by atoms with E-state index in [1.165, 1.54) is 24.3 Å². The topological polar surface area (TPSA) is 117 Å². The smallest absolute Gasteiger partial charge is 0.253 e. The van der Waals surface area contributed by atoms with Crippen molar-refractivity contribution in [2.75, 3.05) is 25.4 Å². The number of rotatable bonds is 7. The minimum Gasteiger partial charge on any atom is -0.382 e. The first kappa shape index (κ1) is 24.0. The van der Waals surface area contributed by atoms with Crippen molar-refractivity contribution < 1.29 is 14.0 Å². The normalized spacial score (nSPS) is 15.4. The lowest BCUT2D eigenvalue weighted by molar-refractivity contribution is -0.126. The van der Waals surface area contributed by atoms with Gasteiger partial charge in [-0.3, -0.25) is 9.59 Å². The molecule has 4 rings (SSSR count). The summed E-state index contributed by atoms with van der Waals surface area (Å²) in [6.45, 7) is 1.32. The summed E-state index contributed by atoms with van der Waals surface area (Å²) < 4.78 is 14.7. The zero-order valence-corrected chi connectivity index (χ0v) is 19.3. The molecule has 180 valence electrons. The summed E-state index contributed by atoms with van der Waals surface area (Å²) in [5.74, 6) is -0.690. The van der Waals surface area contributed by atoms with Crippen LogP contribution < -0.4 is 11.1 Å². The van der Waals surface area contributed by atoms with E-state index in [1.807, 2.05) is 30.3 Å². The van der Waals surface area contributed by atoms with E-state index in [0.29, 0.717) is 61.5 Å². The third-order valence-corrected chi connectivity index (χ3v) is 6.17. The molecule has 35 heavy (non-hydrogen) atoms. The van der Waals surface area contributed by atoms with Crippen LogP contribution in [-0.2, 0) is 11.2 Å². The number of hydrogen-bond acceptors (Lipinski definition) is 5. The largest absolute Gasteiger partial charge is 0.382 e. The summed E-state index contributed by atoms with van der Waals surface area (Å²) in [7, 11) is 0. The van der Waals surface area contributed by atoms with Gasteiger partial charge in [-0.05, 0) is 62.1 Å². The van der Waals surface area contributed by atoms with Crippen molar-refractivity contribution in [1.29, 1.82) is 5.26 Å². The Kier molecular flexibility index (Phi) is 7.41. The number of nitriles is 1. The number of amides is 2. The number of piperidine rings is 1. The molecule has 3 N–H and O–H groups in total. The first-order valence-electron chi connectivity index (χ1n) is 11.6. The summed E-state index contributed by atoms with van der Waals surface area (Å²) in [6.07, 6.45) is 2.52. The summed E-state index contributed by atoms with van der Waals surface area (Å²) in [5, 5.41) is 17.0. The second-order valence-corrected chi connectivity index (χ2v) is 8.56. The number of nitrogens with zero attached hydrogens (tertiary/aromatic N) is 4. The molecule has 9 heteroatoms. The van der Waals surface area contributed by atoms with Gasteiger partial charge in [-0.25, -0.2) is 9.07 Å². The Morgan fingerprint density at radius 3 is 2.63 bits per heavy atom. The van der Waals surface area contributed by atoms with Gasteiger partial charge in [0.25, 0.3) is 5.91 Å². The monoisotopic (exact) mass is 474 g/mol. The van der Waals surface area contributed by atoms with Gasteiger partial charge < -0.3 is 16.0 Å². The van der Waals surface area contributed by atoms with Gasteiger partial charge in [-0.15, -0.1) is 0 Å². The second kappa shape index (κ2) is 10.8. The predicted molar refractivity (Wildman–Crippen MR) is 129 cm³/mol. The third kappa shape index (κ3) is 5.49. The first-order valence-corrected chi connectivity index (χ1v) is 11.6. The van der Waals surface area contributed by atoms with Crippen LogP contribution in [0.25, 0.3) is 5.69 Å². The molecule has 0 saturated carbocycles. The van der Waals surface area contributed by atoms with Crippen molar-refractivity contribution in [1.82, 2.24) is 20.0 Å². The Bertz CT molecular complexity index is 1230. The van der Waals surface area contributed by atoms with Crippen LogP contribution in [-0.4, -0.2) is 46.1 Å². The summed E-state index contributed by atoms with van der Waals surface area (Å²) >= 11 is 0. The molecule has 1 unspecified atom stereocenters. The molecule has 3 aromatic rings. The maximum absolute atomic E-state index is 13.2. The number of benzene rings is 2. The Morgan fingerprint density at radius 1 is 1.17 bits per heavy atom. The average molecular weight is 475 g/mol. The fourth-order valence-corrected chi connectivity index (χ4v) is 4.30. The molecule has 8 nitrogen and oxygen atoms in total. The molecule has 1 aliphatic heterocycles. The van der Waals surface area contributed by atoms with Gasteiger partial charge >= 0.3 is 0 Å². The molecule has 0 radical (unpaired) electrons. The number of para-hydroxylation sites is 1. The fourth-order valence-electron chi connectivity index (χ4n) is 4.30. The number of halogens is 1. The van der Waals surface area contributed by atoms with Crippen LogP contribution in [0.4, 0.5) is 10.2 Å². The second-order valence-electron chi connectivity index (χ2n) is 8.56. The SMILES string of the molecule is N#Cc1c(CCCNC(=O)C2CCCN(C(=O)c3ccc(F)cc3)C2)nn(-c2ccccc2)c1N. The lowest BCUT2D eigenvalue weighted by Gasteiger charge is -2.32. The van der Waals surface area contributed by atoms with Crippen LogP contribution in [0.15, 0.2) is 54.6 Å². The molecule has 2 amide bonds. The zero-order valence-electron chi connectivity index (χ0n) is 19.3. The molecule has 1 aliphatic rings. The molecular formula is C26H27FN6O2. The Balaban J connectivity index is 1.30. The third-order valence-electron chi connectivity index (χ3n) is 6.17. The van der Waals surface area contributed by atoms with Crippen LogP contribution in [0, 0.1) is 23.1 Å². The van der Waals surface area contributed by atoms with Gasteiger partial charge in [0.15, 0.2) is 0 Å². The van der Waals surface area contributed by atoms with Gasteiger partial charge in [0.2, 0.25) is 5.91 Å². The van der Waals surface area contributed by atoms with E-state index < -0.39 is 5.82 Å². The lowest BCUT2D eigenvalue weighted by Crippen LogP contribution is -2.45. The molecule has 0 aliphatic carbocycles. The number of hydrogen-bond donors (Lipinski definition) is 2. The highest BCUT2D eigenvalue weighted by Gasteiger charge is 2.28. The van der Waals surface area contributed by atoms with E-state index in [9.17, 15) is 19.2 Å². The number of carbonyl (C=O) groups is 2. The van der Waals surface area contributed by atoms with E-state index in [1.54, 1.807) is 9.58 Å². The number of likely N-dealkylation sites (tertiary alicyclic amines) is 1. The molecule has 1 atom stereocenters. The average Bonchev–Trinajstić information content (AvgIpc) is 3.22. The highest BCUT2D eigenvalue weighted by atomic mass is 19.1. The van der Waals surface area contributed by atoms with Crippen LogP contribution >= 0.6 is 0 Å². The van der Waals surface area contributed by atoms with Gasteiger partial charge in [-0.2, -0.15) is 10.4 Å².